The maximum atomic E-state index is 13.6. The number of nitrogens with zero attached hydrogens (tertiary/aromatic N) is 3. The molecule has 0 bridgehead atoms. The van der Waals surface area contributed by atoms with E-state index in [9.17, 15) is 9.59 Å². The third-order valence-corrected chi connectivity index (χ3v) is 9.71. The van der Waals surface area contributed by atoms with E-state index in [1.165, 1.54) is 10.5 Å². The molecule has 1 fully saturated rings. The summed E-state index contributed by atoms with van der Waals surface area (Å²) in [5.41, 5.74) is 4.45. The van der Waals surface area contributed by atoms with E-state index < -0.39 is 0 Å². The van der Waals surface area contributed by atoms with Gasteiger partial charge in [-0.2, -0.15) is 0 Å². The van der Waals surface area contributed by atoms with Crippen molar-refractivity contribution in [1.29, 1.82) is 0 Å². The normalized spacial score (nSPS) is 16.0. The lowest BCUT2D eigenvalue weighted by molar-refractivity contribution is 0.0612. The molecule has 0 aromatic heterocycles. The molecule has 7 rings (SSSR count). The Morgan fingerprint density at radius 2 is 1.55 bits per heavy atom. The van der Waals surface area contributed by atoms with Gasteiger partial charge < -0.3 is 19.3 Å². The Balaban J connectivity index is 1.05. The number of carbonyl (C=O) groups excluding carboxylic acids is 2. The van der Waals surface area contributed by atoms with Gasteiger partial charge in [0, 0.05) is 66.1 Å². The van der Waals surface area contributed by atoms with Crippen LogP contribution in [0.15, 0.2) is 78.9 Å². The minimum atomic E-state index is -0.249. The zero-order valence-electron chi connectivity index (χ0n) is 23.0. The van der Waals surface area contributed by atoms with Gasteiger partial charge in [0.2, 0.25) is 6.79 Å². The van der Waals surface area contributed by atoms with Crippen molar-refractivity contribution in [3.8, 4) is 11.5 Å². The highest BCUT2D eigenvalue weighted by Gasteiger charge is 2.34. The number of carbonyl (C=O) groups is 2. The zero-order valence-corrected chi connectivity index (χ0v) is 24.6. The predicted octanol–water partition coefficient (Wildman–Crippen LogP) is 5.75. The molecule has 2 amide bonds. The van der Waals surface area contributed by atoms with Crippen molar-refractivity contribution in [2.75, 3.05) is 44.4 Å². The maximum absolute atomic E-state index is 13.6. The molecule has 4 aromatic rings. The first-order valence-corrected chi connectivity index (χ1v) is 15.5. The van der Waals surface area contributed by atoms with E-state index in [2.05, 4.69) is 34.1 Å². The third-order valence-electron chi connectivity index (χ3n) is 8.11. The molecule has 42 heavy (non-hydrogen) atoms. The lowest BCUT2D eigenvalue weighted by Crippen LogP contribution is -2.47. The summed E-state index contributed by atoms with van der Waals surface area (Å²) in [6.45, 7) is 3.79. The molecular weight excluding hydrogens is 567 g/mol. The molecule has 0 radical (unpaired) electrons. The van der Waals surface area contributed by atoms with Crippen molar-refractivity contribution in [2.24, 2.45) is 0 Å². The number of benzene rings is 4. The van der Waals surface area contributed by atoms with Crippen LogP contribution in [-0.2, 0) is 12.2 Å². The lowest BCUT2D eigenvalue weighted by Gasteiger charge is -2.38. The second-order valence-corrected chi connectivity index (χ2v) is 12.2. The molecule has 0 atom stereocenters. The molecule has 0 spiro atoms. The van der Waals surface area contributed by atoms with E-state index in [1.54, 1.807) is 11.8 Å². The maximum Gasteiger partial charge on any atom is 0.261 e. The minimum Gasteiger partial charge on any atom is -0.454 e. The Bertz CT molecular complexity index is 1680. The van der Waals surface area contributed by atoms with Crippen LogP contribution in [-0.4, -0.2) is 65.5 Å². The quantitative estimate of drug-likeness (QED) is 0.206. The number of hydrogen-bond acceptors (Lipinski definition) is 7. The van der Waals surface area contributed by atoms with Crippen LogP contribution < -0.4 is 14.4 Å². The molecule has 0 saturated carbocycles. The SMILES string of the molecule is O=C1c2cccc3c(N4CCN(C(=S)SCc5ccccc5)CC4)ccc(c23)C(=O)N1CCc1ccc2c(c1)OCO2. The number of anilines is 1. The van der Waals surface area contributed by atoms with E-state index >= 15 is 0 Å². The van der Waals surface area contributed by atoms with Crippen molar-refractivity contribution >= 4 is 56.6 Å². The van der Waals surface area contributed by atoms with Crippen LogP contribution >= 0.6 is 24.0 Å². The van der Waals surface area contributed by atoms with Crippen molar-refractivity contribution in [3.63, 3.8) is 0 Å². The second-order valence-electron chi connectivity index (χ2n) is 10.6. The molecule has 1 saturated heterocycles. The highest BCUT2D eigenvalue weighted by Crippen LogP contribution is 2.37. The number of amides is 2. The summed E-state index contributed by atoms with van der Waals surface area (Å²) in [4.78, 5) is 33.2. The van der Waals surface area contributed by atoms with Gasteiger partial charge in [0.25, 0.3) is 11.8 Å². The molecule has 0 N–H and O–H groups in total. The summed E-state index contributed by atoms with van der Waals surface area (Å²) in [5, 5.41) is 1.69. The number of thiocarbonyl (C=S) groups is 1. The molecule has 4 aromatic carbocycles. The average Bonchev–Trinajstić information content (AvgIpc) is 3.51. The number of ether oxygens (including phenoxy) is 2. The van der Waals surface area contributed by atoms with Gasteiger partial charge in [0.15, 0.2) is 11.5 Å². The molecule has 3 heterocycles. The van der Waals surface area contributed by atoms with E-state index in [-0.39, 0.29) is 18.6 Å². The van der Waals surface area contributed by atoms with Gasteiger partial charge in [0.1, 0.15) is 4.32 Å². The molecule has 0 aliphatic carbocycles. The Labute approximate surface area is 254 Å². The molecule has 0 unspecified atom stereocenters. The Hall–Kier alpha value is -4.08. The molecule has 9 heteroatoms. The largest absolute Gasteiger partial charge is 0.454 e. The van der Waals surface area contributed by atoms with Crippen LogP contribution in [0.3, 0.4) is 0 Å². The second kappa shape index (κ2) is 11.3. The number of thioether (sulfide) groups is 1. The fourth-order valence-electron chi connectivity index (χ4n) is 5.89. The first-order chi connectivity index (χ1) is 20.6. The zero-order chi connectivity index (χ0) is 28.6. The highest BCUT2D eigenvalue weighted by molar-refractivity contribution is 8.22. The summed E-state index contributed by atoms with van der Waals surface area (Å²) >= 11 is 7.46. The van der Waals surface area contributed by atoms with Crippen LogP contribution in [0.2, 0.25) is 0 Å². The average molecular weight is 596 g/mol. The Morgan fingerprint density at radius 3 is 2.36 bits per heavy atom. The van der Waals surface area contributed by atoms with Gasteiger partial charge in [-0.1, -0.05) is 72.5 Å². The van der Waals surface area contributed by atoms with E-state index in [4.69, 9.17) is 21.7 Å². The van der Waals surface area contributed by atoms with E-state index in [1.807, 2.05) is 54.6 Å². The number of imide groups is 1. The summed E-state index contributed by atoms with van der Waals surface area (Å²) in [5.74, 6) is 1.78. The molecule has 3 aliphatic rings. The fraction of sp³-hybridized carbons (Fsp3) is 0.242. The van der Waals surface area contributed by atoms with Gasteiger partial charge in [-0.3, -0.25) is 14.5 Å². The van der Waals surface area contributed by atoms with Gasteiger partial charge >= 0.3 is 0 Å². The monoisotopic (exact) mass is 595 g/mol. The number of hydrogen-bond donors (Lipinski definition) is 0. The van der Waals surface area contributed by atoms with Gasteiger partial charge in [0.05, 0.1) is 0 Å². The Morgan fingerprint density at radius 1 is 0.786 bits per heavy atom. The van der Waals surface area contributed by atoms with Crippen LogP contribution in [0.25, 0.3) is 10.8 Å². The summed E-state index contributed by atoms with van der Waals surface area (Å²) in [7, 11) is 0. The highest BCUT2D eigenvalue weighted by atomic mass is 32.2. The van der Waals surface area contributed by atoms with Crippen molar-refractivity contribution in [3.05, 3.63) is 101 Å². The van der Waals surface area contributed by atoms with Crippen LogP contribution in [0.5, 0.6) is 11.5 Å². The van der Waals surface area contributed by atoms with Crippen LogP contribution in [0.1, 0.15) is 31.8 Å². The van der Waals surface area contributed by atoms with Gasteiger partial charge in [-0.05, 0) is 47.9 Å². The van der Waals surface area contributed by atoms with Gasteiger partial charge in [-0.25, -0.2) is 0 Å². The topological polar surface area (TPSA) is 62.3 Å². The number of piperazine rings is 1. The van der Waals surface area contributed by atoms with E-state index in [0.29, 0.717) is 35.6 Å². The summed E-state index contributed by atoms with van der Waals surface area (Å²) in [6.07, 6.45) is 0.535. The predicted molar refractivity (Wildman–Crippen MR) is 170 cm³/mol. The molecular formula is C33H29N3O4S2. The molecule has 212 valence electrons. The van der Waals surface area contributed by atoms with Crippen LogP contribution in [0, 0.1) is 0 Å². The van der Waals surface area contributed by atoms with Crippen molar-refractivity contribution < 1.29 is 19.1 Å². The van der Waals surface area contributed by atoms with Gasteiger partial charge in [-0.15, -0.1) is 0 Å². The van der Waals surface area contributed by atoms with Crippen molar-refractivity contribution in [2.45, 2.75) is 12.2 Å². The lowest BCUT2D eigenvalue weighted by atomic mass is 9.92. The van der Waals surface area contributed by atoms with E-state index in [0.717, 1.165) is 58.3 Å². The molecule has 7 nitrogen and oxygen atoms in total. The minimum absolute atomic E-state index is 0.210. The number of rotatable bonds is 6. The summed E-state index contributed by atoms with van der Waals surface area (Å²) < 4.78 is 11.8. The first kappa shape index (κ1) is 26.8. The molecule has 3 aliphatic heterocycles. The third kappa shape index (κ3) is 4.97. The first-order valence-electron chi connectivity index (χ1n) is 14.1. The standard InChI is InChI=1S/C33H29N3O4S2/c37-31-25-8-4-7-24-27(34-15-17-35(18-16-34)33(41)42-20-23-5-2-1-3-6-23)11-10-26(30(24)25)32(38)36(31)14-13-22-9-12-28-29(19-22)40-21-39-28/h1-12,19H,13-18,20-21H2. The van der Waals surface area contributed by atoms with Crippen LogP contribution in [0.4, 0.5) is 5.69 Å². The fourth-order valence-corrected chi connectivity index (χ4v) is 7.09. The Kier molecular flexibility index (Phi) is 7.21. The van der Waals surface area contributed by atoms with Crippen molar-refractivity contribution in [1.82, 2.24) is 9.80 Å². The summed E-state index contributed by atoms with van der Waals surface area (Å²) in [6, 6.07) is 25.8. The smallest absolute Gasteiger partial charge is 0.261 e. The number of fused-ring (bicyclic) bond motifs is 1.